The number of rotatable bonds is 2. The van der Waals surface area contributed by atoms with Crippen LogP contribution in [-0.2, 0) is 0 Å². The van der Waals surface area contributed by atoms with E-state index in [0.717, 1.165) is 0 Å². The Morgan fingerprint density at radius 1 is 1.33 bits per heavy atom. The lowest BCUT2D eigenvalue weighted by atomic mass is 10.1. The molecule has 0 aliphatic carbocycles. The zero-order valence-corrected chi connectivity index (χ0v) is 10.5. The van der Waals surface area contributed by atoms with Gasteiger partial charge in [0.15, 0.2) is 0 Å². The molecule has 1 heterocycles. The molecule has 0 saturated carbocycles. The van der Waals surface area contributed by atoms with E-state index in [1.54, 1.807) is 0 Å². The molecule has 0 amide bonds. The van der Waals surface area contributed by atoms with Crippen LogP contribution in [0.1, 0.15) is 35.4 Å². The van der Waals surface area contributed by atoms with Crippen molar-refractivity contribution in [1.82, 2.24) is 5.32 Å². The molecule has 1 saturated heterocycles. The highest BCUT2D eigenvalue weighted by molar-refractivity contribution is 7.99. The van der Waals surface area contributed by atoms with Gasteiger partial charge >= 0.3 is 0 Å². The Morgan fingerprint density at radius 3 is 2.73 bits per heavy atom. The molecule has 1 N–H and O–H groups in total. The highest BCUT2D eigenvalue weighted by Gasteiger charge is 2.23. The second-order valence-corrected chi connectivity index (χ2v) is 5.47. The lowest BCUT2D eigenvalue weighted by Crippen LogP contribution is -2.24. The number of hydrogen-bond acceptors (Lipinski definition) is 2. The maximum Gasteiger partial charge on any atom is 0.0792 e. The average Bonchev–Trinajstić information content (AvgIpc) is 2.70. The van der Waals surface area contributed by atoms with Crippen LogP contribution in [0.2, 0.25) is 0 Å². The Hall–Kier alpha value is -0.470. The van der Waals surface area contributed by atoms with Gasteiger partial charge in [-0.1, -0.05) is 25.1 Å². The van der Waals surface area contributed by atoms with Gasteiger partial charge in [-0.3, -0.25) is 5.32 Å². The minimum atomic E-state index is 0.509. The fourth-order valence-corrected chi connectivity index (χ4v) is 3.26. The third kappa shape index (κ3) is 2.37. The van der Waals surface area contributed by atoms with Crippen molar-refractivity contribution in [3.05, 3.63) is 34.9 Å². The molecule has 2 rings (SSSR count). The molecule has 0 spiro atoms. The molecule has 0 aromatic heterocycles. The predicted molar refractivity (Wildman–Crippen MR) is 68.3 cm³/mol. The van der Waals surface area contributed by atoms with Crippen molar-refractivity contribution < 1.29 is 0 Å². The normalized spacial score (nSPS) is 25.8. The van der Waals surface area contributed by atoms with Crippen molar-refractivity contribution in [1.29, 1.82) is 0 Å². The highest BCUT2D eigenvalue weighted by Crippen LogP contribution is 2.34. The van der Waals surface area contributed by atoms with E-state index in [-0.39, 0.29) is 0 Å². The second-order valence-electron chi connectivity index (χ2n) is 4.33. The standard InChI is InChI=1S/C13H19NS/c1-4-12-8-15-13(14-12)11-6-5-9(2)10(3)7-11/h5-7,12-14H,4,8H2,1-3H3. The molecular formula is C13H19NS. The maximum absolute atomic E-state index is 3.67. The molecule has 1 nitrogen and oxygen atoms in total. The number of thioether (sulfide) groups is 1. The molecule has 0 bridgehead atoms. The van der Waals surface area contributed by atoms with Crippen molar-refractivity contribution in [3.8, 4) is 0 Å². The van der Waals surface area contributed by atoms with Crippen LogP contribution in [0.15, 0.2) is 18.2 Å². The van der Waals surface area contributed by atoms with Crippen molar-refractivity contribution >= 4 is 11.8 Å². The van der Waals surface area contributed by atoms with Crippen LogP contribution in [0.3, 0.4) is 0 Å². The fourth-order valence-electron chi connectivity index (χ4n) is 1.88. The van der Waals surface area contributed by atoms with Gasteiger partial charge in [0.1, 0.15) is 0 Å². The van der Waals surface area contributed by atoms with Gasteiger partial charge in [0, 0.05) is 11.8 Å². The summed E-state index contributed by atoms with van der Waals surface area (Å²) in [7, 11) is 0. The molecule has 1 aromatic carbocycles. The first-order chi connectivity index (χ1) is 7.20. The molecule has 1 aliphatic rings. The SMILES string of the molecule is CCC1CSC(c2ccc(C)c(C)c2)N1. The van der Waals surface area contributed by atoms with E-state index in [0.29, 0.717) is 11.4 Å². The second kappa shape index (κ2) is 4.58. The molecule has 2 atom stereocenters. The van der Waals surface area contributed by atoms with Crippen LogP contribution in [-0.4, -0.2) is 11.8 Å². The van der Waals surface area contributed by atoms with Gasteiger partial charge in [0.2, 0.25) is 0 Å². The summed E-state index contributed by atoms with van der Waals surface area (Å²) in [6.45, 7) is 6.61. The Bertz CT molecular complexity index is 348. The molecule has 0 radical (unpaired) electrons. The van der Waals surface area contributed by atoms with E-state index >= 15 is 0 Å². The van der Waals surface area contributed by atoms with E-state index in [2.05, 4.69) is 44.3 Å². The van der Waals surface area contributed by atoms with E-state index in [9.17, 15) is 0 Å². The third-order valence-corrected chi connectivity index (χ3v) is 4.51. The van der Waals surface area contributed by atoms with Crippen LogP contribution in [0.4, 0.5) is 0 Å². The monoisotopic (exact) mass is 221 g/mol. The lowest BCUT2D eigenvalue weighted by molar-refractivity contribution is 0.561. The molecule has 82 valence electrons. The van der Waals surface area contributed by atoms with E-state index in [1.807, 2.05) is 11.8 Å². The van der Waals surface area contributed by atoms with Crippen molar-refractivity contribution in [2.45, 2.75) is 38.6 Å². The Kier molecular flexibility index (Phi) is 3.37. The first-order valence-corrected chi connectivity index (χ1v) is 6.70. The van der Waals surface area contributed by atoms with Crippen LogP contribution in [0.25, 0.3) is 0 Å². The number of benzene rings is 1. The molecule has 2 heteroatoms. The summed E-state index contributed by atoms with van der Waals surface area (Å²) in [5.74, 6) is 1.24. The molecule has 15 heavy (non-hydrogen) atoms. The number of nitrogens with one attached hydrogen (secondary N) is 1. The zero-order chi connectivity index (χ0) is 10.8. The Balaban J connectivity index is 2.13. The Labute approximate surface area is 96.7 Å². The van der Waals surface area contributed by atoms with Crippen LogP contribution < -0.4 is 5.32 Å². The summed E-state index contributed by atoms with van der Waals surface area (Å²) >= 11 is 2.03. The molecule has 1 fully saturated rings. The minimum Gasteiger partial charge on any atom is -0.298 e. The van der Waals surface area contributed by atoms with Crippen molar-refractivity contribution in [2.24, 2.45) is 0 Å². The maximum atomic E-state index is 3.67. The molecule has 1 aliphatic heterocycles. The lowest BCUT2D eigenvalue weighted by Gasteiger charge is -2.13. The van der Waals surface area contributed by atoms with Crippen LogP contribution in [0, 0.1) is 13.8 Å². The summed E-state index contributed by atoms with van der Waals surface area (Å²) in [6, 6.07) is 7.50. The summed E-state index contributed by atoms with van der Waals surface area (Å²) in [5, 5.41) is 4.18. The molecule has 2 unspecified atom stereocenters. The summed E-state index contributed by atoms with van der Waals surface area (Å²) in [5.41, 5.74) is 4.21. The minimum absolute atomic E-state index is 0.509. The van der Waals surface area contributed by atoms with Gasteiger partial charge in [-0.2, -0.15) is 0 Å². The van der Waals surface area contributed by atoms with Gasteiger partial charge in [-0.25, -0.2) is 0 Å². The zero-order valence-electron chi connectivity index (χ0n) is 9.71. The molecular weight excluding hydrogens is 202 g/mol. The van der Waals surface area contributed by atoms with Gasteiger partial charge < -0.3 is 0 Å². The van der Waals surface area contributed by atoms with E-state index < -0.39 is 0 Å². The number of aryl methyl sites for hydroxylation is 2. The average molecular weight is 221 g/mol. The highest BCUT2D eigenvalue weighted by atomic mass is 32.2. The van der Waals surface area contributed by atoms with Gasteiger partial charge in [0.25, 0.3) is 0 Å². The summed E-state index contributed by atoms with van der Waals surface area (Å²) < 4.78 is 0. The largest absolute Gasteiger partial charge is 0.298 e. The van der Waals surface area contributed by atoms with Crippen LogP contribution >= 0.6 is 11.8 Å². The summed E-state index contributed by atoms with van der Waals surface area (Å²) in [6.07, 6.45) is 1.23. The summed E-state index contributed by atoms with van der Waals surface area (Å²) in [4.78, 5) is 0. The topological polar surface area (TPSA) is 12.0 Å². The number of hydrogen-bond donors (Lipinski definition) is 1. The fraction of sp³-hybridized carbons (Fsp3) is 0.538. The van der Waals surface area contributed by atoms with E-state index in [4.69, 9.17) is 0 Å². The van der Waals surface area contributed by atoms with Gasteiger partial charge in [-0.05, 0) is 37.0 Å². The van der Waals surface area contributed by atoms with Gasteiger partial charge in [-0.15, -0.1) is 11.8 Å². The quantitative estimate of drug-likeness (QED) is 0.821. The van der Waals surface area contributed by atoms with Crippen molar-refractivity contribution in [2.75, 3.05) is 5.75 Å². The van der Waals surface area contributed by atoms with E-state index in [1.165, 1.54) is 28.9 Å². The predicted octanol–water partition coefficient (Wildman–Crippen LogP) is 3.42. The third-order valence-electron chi connectivity index (χ3n) is 3.18. The van der Waals surface area contributed by atoms with Crippen molar-refractivity contribution in [3.63, 3.8) is 0 Å². The van der Waals surface area contributed by atoms with Crippen LogP contribution in [0.5, 0.6) is 0 Å². The van der Waals surface area contributed by atoms with Gasteiger partial charge in [0.05, 0.1) is 5.37 Å². The molecule has 1 aromatic rings. The first-order valence-electron chi connectivity index (χ1n) is 5.65. The smallest absolute Gasteiger partial charge is 0.0792 e. The Morgan fingerprint density at radius 2 is 2.13 bits per heavy atom. The first kappa shape index (κ1) is 11.0.